The molecule has 0 bridgehead atoms. The van der Waals surface area contributed by atoms with Crippen LogP contribution in [-0.4, -0.2) is 16.0 Å². The molecular weight excluding hydrogens is 303 g/mol. The van der Waals surface area contributed by atoms with Crippen molar-refractivity contribution in [3.8, 4) is 0 Å². The van der Waals surface area contributed by atoms with Crippen LogP contribution in [0.15, 0.2) is 24.3 Å². The topological polar surface area (TPSA) is 49.8 Å². The summed E-state index contributed by atoms with van der Waals surface area (Å²) in [5.74, 6) is 1.32. The molecule has 3 rings (SSSR count). The fourth-order valence-electron chi connectivity index (χ4n) is 3.07. The van der Waals surface area contributed by atoms with Gasteiger partial charge in [0.25, 0.3) is 0 Å². The van der Waals surface area contributed by atoms with Crippen LogP contribution in [0.2, 0.25) is 0 Å². The van der Waals surface area contributed by atoms with Gasteiger partial charge in [-0.25, -0.2) is 9.37 Å². The van der Waals surface area contributed by atoms with Crippen molar-refractivity contribution in [2.75, 3.05) is 10.6 Å². The number of hydrogen-bond acceptors (Lipinski definition) is 4. The number of aryl methyl sites for hydroxylation is 1. The zero-order valence-corrected chi connectivity index (χ0v) is 14.4. The van der Waals surface area contributed by atoms with Gasteiger partial charge in [0, 0.05) is 23.8 Å². The lowest BCUT2D eigenvalue weighted by Crippen LogP contribution is -2.24. The summed E-state index contributed by atoms with van der Waals surface area (Å²) in [6, 6.07) is 6.98. The number of rotatable bonds is 5. The molecule has 1 fully saturated rings. The predicted molar refractivity (Wildman–Crippen MR) is 95.7 cm³/mol. The smallest absolute Gasteiger partial charge is 0.225 e. The molecule has 0 aliphatic heterocycles. The largest absolute Gasteiger partial charge is 0.367 e. The van der Waals surface area contributed by atoms with Gasteiger partial charge in [0.05, 0.1) is 0 Å². The van der Waals surface area contributed by atoms with Crippen molar-refractivity contribution in [1.82, 2.24) is 9.97 Å². The normalized spacial score (nSPS) is 15.3. The number of hydrogen-bond donors (Lipinski definition) is 2. The standard InChI is InChI=1S/C19H25FN4/c1-13-14(2)22-19(21-12-15-8-10-16(20)11-9-15)24-18(13)23-17-6-4-3-5-7-17/h8-11,17H,3-7,12H2,1-2H3,(H2,21,22,23,24). The van der Waals surface area contributed by atoms with Crippen molar-refractivity contribution in [2.24, 2.45) is 0 Å². The molecule has 0 amide bonds. The minimum absolute atomic E-state index is 0.222. The van der Waals surface area contributed by atoms with Gasteiger partial charge in [0.2, 0.25) is 5.95 Å². The Bertz CT molecular complexity index is 679. The molecular formula is C19H25FN4. The van der Waals surface area contributed by atoms with E-state index in [1.807, 2.05) is 6.92 Å². The summed E-state index contributed by atoms with van der Waals surface area (Å²) in [5, 5.41) is 6.84. The van der Waals surface area contributed by atoms with Gasteiger partial charge in [-0.3, -0.25) is 0 Å². The monoisotopic (exact) mass is 328 g/mol. The van der Waals surface area contributed by atoms with Gasteiger partial charge >= 0.3 is 0 Å². The van der Waals surface area contributed by atoms with Crippen molar-refractivity contribution >= 4 is 11.8 Å². The number of nitrogens with zero attached hydrogens (tertiary/aromatic N) is 2. The first-order chi connectivity index (χ1) is 11.6. The molecule has 0 atom stereocenters. The first-order valence-corrected chi connectivity index (χ1v) is 8.72. The SMILES string of the molecule is Cc1nc(NCc2ccc(F)cc2)nc(NC2CCCCC2)c1C. The van der Waals surface area contributed by atoms with E-state index >= 15 is 0 Å². The van der Waals surface area contributed by atoms with E-state index in [9.17, 15) is 4.39 Å². The summed E-state index contributed by atoms with van der Waals surface area (Å²) in [4.78, 5) is 9.18. The highest BCUT2D eigenvalue weighted by Gasteiger charge is 2.16. The second-order valence-corrected chi connectivity index (χ2v) is 6.57. The number of nitrogens with one attached hydrogen (secondary N) is 2. The van der Waals surface area contributed by atoms with Crippen LogP contribution in [0.25, 0.3) is 0 Å². The van der Waals surface area contributed by atoms with Crippen LogP contribution in [0, 0.1) is 19.7 Å². The first-order valence-electron chi connectivity index (χ1n) is 8.72. The lowest BCUT2D eigenvalue weighted by atomic mass is 9.95. The molecule has 2 N–H and O–H groups in total. The van der Waals surface area contributed by atoms with Crippen molar-refractivity contribution in [3.05, 3.63) is 46.9 Å². The minimum Gasteiger partial charge on any atom is -0.367 e. The van der Waals surface area contributed by atoms with E-state index in [0.717, 1.165) is 22.6 Å². The summed E-state index contributed by atoms with van der Waals surface area (Å²) in [5.41, 5.74) is 3.08. The Labute approximate surface area is 142 Å². The Hall–Kier alpha value is -2.17. The molecule has 1 aliphatic rings. The quantitative estimate of drug-likeness (QED) is 0.843. The summed E-state index contributed by atoms with van der Waals surface area (Å²) in [7, 11) is 0. The van der Waals surface area contributed by atoms with Crippen LogP contribution in [0.4, 0.5) is 16.2 Å². The van der Waals surface area contributed by atoms with Crippen LogP contribution in [0.1, 0.15) is 48.9 Å². The summed E-state index contributed by atoms with van der Waals surface area (Å²) >= 11 is 0. The van der Waals surface area contributed by atoms with Gasteiger partial charge < -0.3 is 10.6 Å². The van der Waals surface area contributed by atoms with Crippen molar-refractivity contribution in [3.63, 3.8) is 0 Å². The molecule has 5 heteroatoms. The van der Waals surface area contributed by atoms with Crippen LogP contribution >= 0.6 is 0 Å². The second kappa shape index (κ2) is 7.60. The molecule has 1 heterocycles. The molecule has 1 saturated carbocycles. The Morgan fingerprint density at radius 3 is 2.46 bits per heavy atom. The third-order valence-corrected chi connectivity index (χ3v) is 4.70. The van der Waals surface area contributed by atoms with Crippen molar-refractivity contribution in [2.45, 2.75) is 58.5 Å². The maximum absolute atomic E-state index is 13.0. The summed E-state index contributed by atoms with van der Waals surface area (Å²) < 4.78 is 13.0. The van der Waals surface area contributed by atoms with Gasteiger partial charge in [-0.05, 0) is 44.4 Å². The van der Waals surface area contributed by atoms with Crippen molar-refractivity contribution in [1.29, 1.82) is 0 Å². The van der Waals surface area contributed by atoms with E-state index < -0.39 is 0 Å². The molecule has 128 valence electrons. The van der Waals surface area contributed by atoms with E-state index in [2.05, 4.69) is 27.5 Å². The molecule has 2 aromatic rings. The molecule has 0 saturated heterocycles. The second-order valence-electron chi connectivity index (χ2n) is 6.57. The van der Waals surface area contributed by atoms with Crippen LogP contribution < -0.4 is 10.6 Å². The Morgan fingerprint density at radius 2 is 1.75 bits per heavy atom. The zero-order chi connectivity index (χ0) is 16.9. The van der Waals surface area contributed by atoms with Crippen LogP contribution in [0.3, 0.4) is 0 Å². The molecule has 0 radical (unpaired) electrons. The molecule has 24 heavy (non-hydrogen) atoms. The summed E-state index contributed by atoms with van der Waals surface area (Å²) in [6.07, 6.45) is 6.33. The van der Waals surface area contributed by atoms with Gasteiger partial charge in [-0.2, -0.15) is 4.98 Å². The number of anilines is 2. The van der Waals surface area contributed by atoms with Crippen LogP contribution in [-0.2, 0) is 6.54 Å². The maximum Gasteiger partial charge on any atom is 0.225 e. The van der Waals surface area contributed by atoms with Crippen LogP contribution in [0.5, 0.6) is 0 Å². The average molecular weight is 328 g/mol. The first kappa shape index (κ1) is 16.7. The lowest BCUT2D eigenvalue weighted by Gasteiger charge is -2.24. The van der Waals surface area contributed by atoms with Gasteiger partial charge in [-0.1, -0.05) is 31.4 Å². The van der Waals surface area contributed by atoms with E-state index in [-0.39, 0.29) is 5.82 Å². The molecule has 0 unspecified atom stereocenters. The van der Waals surface area contributed by atoms with E-state index in [1.165, 1.54) is 44.2 Å². The molecule has 1 aromatic heterocycles. The van der Waals surface area contributed by atoms with Gasteiger partial charge in [0.1, 0.15) is 11.6 Å². The number of halogens is 1. The van der Waals surface area contributed by atoms with E-state index in [1.54, 1.807) is 12.1 Å². The molecule has 1 aromatic carbocycles. The minimum atomic E-state index is -0.222. The molecule has 1 aliphatic carbocycles. The zero-order valence-electron chi connectivity index (χ0n) is 14.4. The van der Waals surface area contributed by atoms with E-state index in [4.69, 9.17) is 0 Å². The molecule has 4 nitrogen and oxygen atoms in total. The Morgan fingerprint density at radius 1 is 1.04 bits per heavy atom. The van der Waals surface area contributed by atoms with Gasteiger partial charge in [-0.15, -0.1) is 0 Å². The Balaban J connectivity index is 1.69. The highest BCUT2D eigenvalue weighted by atomic mass is 19.1. The summed E-state index contributed by atoms with van der Waals surface area (Å²) in [6.45, 7) is 4.64. The fourth-order valence-corrected chi connectivity index (χ4v) is 3.07. The third-order valence-electron chi connectivity index (χ3n) is 4.70. The lowest BCUT2D eigenvalue weighted by molar-refractivity contribution is 0.461. The molecule has 0 spiro atoms. The Kier molecular flexibility index (Phi) is 5.28. The van der Waals surface area contributed by atoms with E-state index in [0.29, 0.717) is 18.5 Å². The maximum atomic E-state index is 13.0. The fraction of sp³-hybridized carbons (Fsp3) is 0.474. The highest BCUT2D eigenvalue weighted by molar-refractivity contribution is 5.50. The number of aromatic nitrogens is 2. The third kappa shape index (κ3) is 4.22. The number of benzene rings is 1. The van der Waals surface area contributed by atoms with Gasteiger partial charge in [0.15, 0.2) is 0 Å². The average Bonchev–Trinajstić information content (AvgIpc) is 2.59. The van der Waals surface area contributed by atoms with Crippen molar-refractivity contribution < 1.29 is 4.39 Å². The predicted octanol–water partition coefficient (Wildman–Crippen LogP) is 4.59. The highest BCUT2D eigenvalue weighted by Crippen LogP contribution is 2.24.